The summed E-state index contributed by atoms with van der Waals surface area (Å²) in [6, 6.07) is 11.6. The van der Waals surface area contributed by atoms with Crippen LogP contribution < -0.4 is 4.90 Å². The molecule has 2 heterocycles. The first-order valence-corrected chi connectivity index (χ1v) is 8.06. The van der Waals surface area contributed by atoms with Crippen molar-refractivity contribution < 1.29 is 9.53 Å². The summed E-state index contributed by atoms with van der Waals surface area (Å²) in [7, 11) is 3.32. The van der Waals surface area contributed by atoms with Crippen LogP contribution in [0.5, 0.6) is 0 Å². The van der Waals surface area contributed by atoms with Crippen LogP contribution in [0.3, 0.4) is 0 Å². The number of ether oxygens (including phenoxy) is 1. The van der Waals surface area contributed by atoms with Gasteiger partial charge in [0.2, 0.25) is 0 Å². The number of pyridine rings is 1. The van der Waals surface area contributed by atoms with Crippen molar-refractivity contribution in [2.75, 3.05) is 25.6 Å². The van der Waals surface area contributed by atoms with Crippen molar-refractivity contribution in [1.82, 2.24) is 15.0 Å². The summed E-state index contributed by atoms with van der Waals surface area (Å²) in [5.41, 5.74) is 1.70. The molecule has 0 N–H and O–H groups in total. The van der Waals surface area contributed by atoms with Crippen molar-refractivity contribution >= 4 is 22.7 Å². The number of benzene rings is 1. The van der Waals surface area contributed by atoms with Crippen molar-refractivity contribution in [2.45, 2.75) is 6.92 Å². The number of carbonyl (C=O) groups is 1. The van der Waals surface area contributed by atoms with Crippen LogP contribution >= 0.6 is 0 Å². The minimum atomic E-state index is -0.259. The number of fused-ring (bicyclic) bond motifs is 1. The van der Waals surface area contributed by atoms with Gasteiger partial charge in [0.25, 0.3) is 0 Å². The largest absolute Gasteiger partial charge is 0.469 e. The number of hydrogen-bond acceptors (Lipinski definition) is 6. The molecular formula is C19H20N4O2. The van der Waals surface area contributed by atoms with Crippen molar-refractivity contribution in [2.24, 2.45) is 5.92 Å². The van der Waals surface area contributed by atoms with Crippen LogP contribution in [0.25, 0.3) is 22.3 Å². The number of rotatable bonds is 5. The third-order valence-corrected chi connectivity index (χ3v) is 4.02. The number of methoxy groups -OCH3 is 1. The lowest BCUT2D eigenvalue weighted by molar-refractivity contribution is -0.144. The Morgan fingerprint density at radius 3 is 2.72 bits per heavy atom. The smallest absolute Gasteiger partial charge is 0.310 e. The normalized spacial score (nSPS) is 12.0. The van der Waals surface area contributed by atoms with E-state index in [0.717, 1.165) is 22.3 Å². The van der Waals surface area contributed by atoms with Crippen LogP contribution in [-0.4, -0.2) is 41.6 Å². The monoisotopic (exact) mass is 336 g/mol. The summed E-state index contributed by atoms with van der Waals surface area (Å²) in [5.74, 6) is 0.892. The second kappa shape index (κ2) is 7.25. The van der Waals surface area contributed by atoms with Crippen LogP contribution in [-0.2, 0) is 9.53 Å². The second-order valence-corrected chi connectivity index (χ2v) is 5.93. The Kier molecular flexibility index (Phi) is 4.88. The maximum Gasteiger partial charge on any atom is 0.310 e. The predicted molar refractivity (Wildman–Crippen MR) is 97.2 cm³/mol. The number of carbonyl (C=O) groups excluding carboxylic acids is 1. The van der Waals surface area contributed by atoms with Gasteiger partial charge >= 0.3 is 5.97 Å². The molecule has 0 radical (unpaired) electrons. The SMILES string of the molecule is COC(=O)C(C)CN(C)c1nc(-c2cccnc2)nc2ccccc12. The molecule has 6 heteroatoms. The first kappa shape index (κ1) is 16.8. The molecule has 0 aliphatic heterocycles. The van der Waals surface area contributed by atoms with Gasteiger partial charge in [-0.3, -0.25) is 9.78 Å². The van der Waals surface area contributed by atoms with E-state index in [1.165, 1.54) is 7.11 Å². The average Bonchev–Trinajstić information content (AvgIpc) is 2.66. The van der Waals surface area contributed by atoms with E-state index < -0.39 is 0 Å². The van der Waals surface area contributed by atoms with Crippen LogP contribution in [0, 0.1) is 5.92 Å². The van der Waals surface area contributed by atoms with Crippen molar-refractivity contribution in [3.05, 3.63) is 48.8 Å². The van der Waals surface area contributed by atoms with E-state index in [9.17, 15) is 4.79 Å². The molecule has 0 bridgehead atoms. The highest BCUT2D eigenvalue weighted by atomic mass is 16.5. The fraction of sp³-hybridized carbons (Fsp3) is 0.263. The van der Waals surface area contributed by atoms with Gasteiger partial charge in [-0.25, -0.2) is 9.97 Å². The molecule has 0 amide bonds. The molecular weight excluding hydrogens is 316 g/mol. The van der Waals surface area contributed by atoms with Gasteiger partial charge in [-0.05, 0) is 24.3 Å². The number of para-hydroxylation sites is 1. The average molecular weight is 336 g/mol. The lowest BCUT2D eigenvalue weighted by Crippen LogP contribution is -2.30. The fourth-order valence-corrected chi connectivity index (χ4v) is 2.75. The number of anilines is 1. The lowest BCUT2D eigenvalue weighted by atomic mass is 10.1. The first-order valence-electron chi connectivity index (χ1n) is 8.06. The highest BCUT2D eigenvalue weighted by Crippen LogP contribution is 2.27. The van der Waals surface area contributed by atoms with Crippen LogP contribution in [0.4, 0.5) is 5.82 Å². The molecule has 3 aromatic rings. The summed E-state index contributed by atoms with van der Waals surface area (Å²) in [4.78, 5) is 27.2. The zero-order chi connectivity index (χ0) is 17.8. The van der Waals surface area contributed by atoms with E-state index >= 15 is 0 Å². The van der Waals surface area contributed by atoms with E-state index in [4.69, 9.17) is 9.72 Å². The molecule has 128 valence electrons. The van der Waals surface area contributed by atoms with Gasteiger partial charge < -0.3 is 9.64 Å². The fourth-order valence-electron chi connectivity index (χ4n) is 2.75. The third-order valence-electron chi connectivity index (χ3n) is 4.02. The number of aromatic nitrogens is 3. The molecule has 1 atom stereocenters. The number of nitrogens with zero attached hydrogens (tertiary/aromatic N) is 4. The molecule has 1 aromatic carbocycles. The minimum absolute atomic E-state index is 0.238. The van der Waals surface area contributed by atoms with E-state index in [-0.39, 0.29) is 11.9 Å². The van der Waals surface area contributed by atoms with Gasteiger partial charge in [0.1, 0.15) is 5.82 Å². The van der Waals surface area contributed by atoms with Crippen molar-refractivity contribution in [1.29, 1.82) is 0 Å². The first-order chi connectivity index (χ1) is 12.1. The number of esters is 1. The quantitative estimate of drug-likeness (QED) is 0.667. The van der Waals surface area contributed by atoms with Gasteiger partial charge in [0, 0.05) is 36.9 Å². The maximum absolute atomic E-state index is 11.7. The van der Waals surface area contributed by atoms with Gasteiger partial charge in [0.15, 0.2) is 5.82 Å². The zero-order valence-corrected chi connectivity index (χ0v) is 14.5. The summed E-state index contributed by atoms with van der Waals surface area (Å²) >= 11 is 0. The summed E-state index contributed by atoms with van der Waals surface area (Å²) in [5, 5.41) is 0.940. The van der Waals surface area contributed by atoms with Gasteiger partial charge in [-0.2, -0.15) is 0 Å². The lowest BCUT2D eigenvalue weighted by Gasteiger charge is -2.23. The highest BCUT2D eigenvalue weighted by molar-refractivity contribution is 5.91. The summed E-state index contributed by atoms with van der Waals surface area (Å²) < 4.78 is 4.82. The van der Waals surface area contributed by atoms with Gasteiger partial charge in [-0.15, -0.1) is 0 Å². The maximum atomic E-state index is 11.7. The predicted octanol–water partition coefficient (Wildman–Crippen LogP) is 2.94. The second-order valence-electron chi connectivity index (χ2n) is 5.93. The van der Waals surface area contributed by atoms with E-state index in [0.29, 0.717) is 12.4 Å². The molecule has 0 spiro atoms. The van der Waals surface area contributed by atoms with E-state index in [1.54, 1.807) is 12.4 Å². The Morgan fingerprint density at radius 1 is 1.20 bits per heavy atom. The Morgan fingerprint density at radius 2 is 2.00 bits per heavy atom. The molecule has 0 aliphatic rings. The van der Waals surface area contributed by atoms with Crippen molar-refractivity contribution in [3.63, 3.8) is 0 Å². The standard InChI is InChI=1S/C19H20N4O2/c1-13(19(24)25-3)12-23(2)18-15-8-4-5-9-16(15)21-17(22-18)14-7-6-10-20-11-14/h4-11,13H,12H2,1-3H3. The Hall–Kier alpha value is -3.02. The van der Waals surface area contributed by atoms with Gasteiger partial charge in [-0.1, -0.05) is 19.1 Å². The molecule has 25 heavy (non-hydrogen) atoms. The van der Waals surface area contributed by atoms with Crippen LogP contribution in [0.1, 0.15) is 6.92 Å². The Labute approximate surface area is 146 Å². The van der Waals surface area contributed by atoms with Crippen LogP contribution in [0.15, 0.2) is 48.8 Å². The molecule has 0 saturated carbocycles. The van der Waals surface area contributed by atoms with E-state index in [2.05, 4.69) is 9.97 Å². The molecule has 0 aliphatic carbocycles. The minimum Gasteiger partial charge on any atom is -0.469 e. The molecule has 0 saturated heterocycles. The van der Waals surface area contributed by atoms with E-state index in [1.807, 2.05) is 55.3 Å². The van der Waals surface area contributed by atoms with Crippen LogP contribution in [0.2, 0.25) is 0 Å². The molecule has 2 aromatic heterocycles. The molecule has 3 rings (SSSR count). The van der Waals surface area contributed by atoms with Crippen molar-refractivity contribution in [3.8, 4) is 11.4 Å². The third kappa shape index (κ3) is 3.57. The highest BCUT2D eigenvalue weighted by Gasteiger charge is 2.19. The summed E-state index contributed by atoms with van der Waals surface area (Å²) in [6.45, 7) is 2.34. The Balaban J connectivity index is 2.05. The van der Waals surface area contributed by atoms with Gasteiger partial charge in [0.05, 0.1) is 18.5 Å². The molecule has 6 nitrogen and oxygen atoms in total. The Bertz CT molecular complexity index is 883. The molecule has 0 fully saturated rings. The number of hydrogen-bond donors (Lipinski definition) is 0. The molecule has 1 unspecified atom stereocenters. The topological polar surface area (TPSA) is 68.2 Å². The summed E-state index contributed by atoms with van der Waals surface area (Å²) in [6.07, 6.45) is 3.46. The zero-order valence-electron chi connectivity index (χ0n) is 14.5.